The van der Waals surface area contributed by atoms with Gasteiger partial charge in [-0.1, -0.05) is 142 Å². The number of esters is 2. The second kappa shape index (κ2) is 38.6. The summed E-state index contributed by atoms with van der Waals surface area (Å²) in [7, 11) is 0. The van der Waals surface area contributed by atoms with Crippen LogP contribution in [0.1, 0.15) is 187 Å². The Morgan fingerprint density at radius 3 is 1.43 bits per heavy atom. The van der Waals surface area contributed by atoms with E-state index in [1.54, 1.807) is 0 Å². The van der Waals surface area contributed by atoms with E-state index in [4.69, 9.17) is 37.9 Å². The van der Waals surface area contributed by atoms with Crippen molar-refractivity contribution in [3.05, 3.63) is 12.2 Å². The highest BCUT2D eigenvalue weighted by Gasteiger charge is 2.53. The minimum Gasteiger partial charge on any atom is -0.462 e. The van der Waals surface area contributed by atoms with Gasteiger partial charge in [0.25, 0.3) is 0 Å². The molecule has 3 saturated heterocycles. The molecule has 19 nitrogen and oxygen atoms in total. The van der Waals surface area contributed by atoms with E-state index in [1.165, 1.54) is 83.5 Å². The number of allylic oxidation sites excluding steroid dienone is 2. The maximum Gasteiger partial charge on any atom is 0.306 e. The molecule has 0 aromatic rings. The summed E-state index contributed by atoms with van der Waals surface area (Å²) in [6, 6.07) is 0. The molecule has 422 valence electrons. The average molecular weight is 1040 g/mol. The predicted octanol–water partition coefficient (Wildman–Crippen LogP) is 4.67. The molecular formula is C53H96O19. The van der Waals surface area contributed by atoms with Crippen molar-refractivity contribution in [3.8, 4) is 0 Å². The first-order valence-corrected chi connectivity index (χ1v) is 27.7. The molecule has 0 aliphatic carbocycles. The molecule has 15 atom stereocenters. The Morgan fingerprint density at radius 2 is 0.931 bits per heavy atom. The van der Waals surface area contributed by atoms with Gasteiger partial charge < -0.3 is 83.9 Å². The smallest absolute Gasteiger partial charge is 0.306 e. The number of aliphatic hydroxyl groups is 9. The molecule has 19 heteroatoms. The molecule has 3 heterocycles. The van der Waals surface area contributed by atoms with Crippen molar-refractivity contribution in [2.45, 2.75) is 279 Å². The maximum atomic E-state index is 13.1. The van der Waals surface area contributed by atoms with Gasteiger partial charge in [0.1, 0.15) is 61.5 Å². The van der Waals surface area contributed by atoms with E-state index in [1.807, 2.05) is 0 Å². The van der Waals surface area contributed by atoms with Gasteiger partial charge in [-0.3, -0.25) is 9.59 Å². The standard InChI is InChI=1S/C53H96O19/c1-3-5-7-9-11-13-15-17-19-21-23-25-27-29-42(58)65-35-38(67-43(59)30-28-26-24-22-20-18-16-14-12-10-8-6-4-2)36-66-51-47(63)45(61)49(40(33-55)69-51)72-53-48(64)46(62)50(41(34-56)70-53)71-52-44(60)39(57)31-37(32-54)68-52/h14,16,37-41,44-57,60-64H,3-13,15,17-36H2,1-2H3/b16-14-/t37?,38-,39?,40?,41?,44?,45?,46?,47?,48?,49?,50?,51?,52?,53?/m1/s1. The summed E-state index contributed by atoms with van der Waals surface area (Å²) >= 11 is 0. The van der Waals surface area contributed by atoms with Gasteiger partial charge in [-0.2, -0.15) is 0 Å². The van der Waals surface area contributed by atoms with Crippen molar-refractivity contribution in [2.24, 2.45) is 0 Å². The first-order valence-electron chi connectivity index (χ1n) is 27.7. The van der Waals surface area contributed by atoms with Gasteiger partial charge >= 0.3 is 11.9 Å². The van der Waals surface area contributed by atoms with E-state index in [0.717, 1.165) is 57.8 Å². The van der Waals surface area contributed by atoms with Crippen molar-refractivity contribution in [2.75, 3.05) is 33.0 Å². The summed E-state index contributed by atoms with van der Waals surface area (Å²) in [5, 5.41) is 95.2. The van der Waals surface area contributed by atoms with Gasteiger partial charge in [-0.25, -0.2) is 0 Å². The lowest BCUT2D eigenvalue weighted by atomic mass is 9.96. The Hall–Kier alpha value is -1.92. The summed E-state index contributed by atoms with van der Waals surface area (Å²) in [5.41, 5.74) is 0. The number of hydrogen-bond donors (Lipinski definition) is 9. The molecule has 72 heavy (non-hydrogen) atoms. The molecule has 0 aromatic carbocycles. The van der Waals surface area contributed by atoms with Crippen molar-refractivity contribution < 1.29 is 93.4 Å². The van der Waals surface area contributed by atoms with E-state index in [2.05, 4.69) is 26.0 Å². The lowest BCUT2D eigenvalue weighted by Crippen LogP contribution is -2.66. The predicted molar refractivity (Wildman–Crippen MR) is 265 cm³/mol. The van der Waals surface area contributed by atoms with Crippen LogP contribution in [-0.4, -0.2) is 183 Å². The van der Waals surface area contributed by atoms with Crippen molar-refractivity contribution in [3.63, 3.8) is 0 Å². The van der Waals surface area contributed by atoms with Gasteiger partial charge in [0.15, 0.2) is 25.0 Å². The Kier molecular flexibility index (Phi) is 34.5. The fraction of sp³-hybridized carbons (Fsp3) is 0.925. The fourth-order valence-electron chi connectivity index (χ4n) is 9.24. The molecule has 0 saturated carbocycles. The summed E-state index contributed by atoms with van der Waals surface area (Å²) in [5.74, 6) is -0.979. The largest absolute Gasteiger partial charge is 0.462 e. The summed E-state index contributed by atoms with van der Waals surface area (Å²) in [6.07, 6.45) is 8.16. The average Bonchev–Trinajstić information content (AvgIpc) is 3.37. The quantitative estimate of drug-likeness (QED) is 0.0229. The Morgan fingerprint density at radius 1 is 0.500 bits per heavy atom. The Labute approximate surface area is 428 Å². The Bertz CT molecular complexity index is 1410. The number of unbranched alkanes of at least 4 members (excludes halogenated alkanes) is 21. The Balaban J connectivity index is 1.51. The SMILES string of the molecule is CCCCCC/C=C\CCCCCCCC(=O)O[C@H](COC(=O)CCCCCCCCCCCCCCC)COC1OC(CO)C(OC2OC(CO)C(OC3OC(CO)CC(O)C3O)C(O)C2O)C(O)C1O. The minimum atomic E-state index is -1.94. The number of hydrogen-bond acceptors (Lipinski definition) is 19. The van der Waals surface area contributed by atoms with Crippen molar-refractivity contribution in [1.82, 2.24) is 0 Å². The molecule has 14 unspecified atom stereocenters. The lowest BCUT2D eigenvalue weighted by Gasteiger charge is -2.47. The van der Waals surface area contributed by atoms with Gasteiger partial charge in [-0.05, 0) is 38.5 Å². The summed E-state index contributed by atoms with van der Waals surface area (Å²) in [4.78, 5) is 25.9. The number of carbonyl (C=O) groups is 2. The van der Waals surface area contributed by atoms with Gasteiger partial charge in [0.05, 0.1) is 38.6 Å². The van der Waals surface area contributed by atoms with Crippen LogP contribution < -0.4 is 0 Å². The van der Waals surface area contributed by atoms with Crippen LogP contribution in [-0.2, 0) is 47.5 Å². The molecule has 3 aliphatic heterocycles. The van der Waals surface area contributed by atoms with Crippen LogP contribution in [0.2, 0.25) is 0 Å². The zero-order valence-electron chi connectivity index (χ0n) is 43.5. The van der Waals surface area contributed by atoms with Crippen LogP contribution in [0.25, 0.3) is 0 Å². The third-order valence-corrected chi connectivity index (χ3v) is 13.7. The van der Waals surface area contributed by atoms with E-state index in [9.17, 15) is 55.5 Å². The van der Waals surface area contributed by atoms with Crippen LogP contribution >= 0.6 is 0 Å². The lowest BCUT2D eigenvalue weighted by molar-refractivity contribution is -0.376. The normalized spacial score (nSPS) is 30.4. The zero-order valence-corrected chi connectivity index (χ0v) is 43.5. The van der Waals surface area contributed by atoms with Gasteiger partial charge in [-0.15, -0.1) is 0 Å². The number of rotatable bonds is 40. The zero-order chi connectivity index (χ0) is 52.5. The van der Waals surface area contributed by atoms with Crippen LogP contribution in [0.5, 0.6) is 0 Å². The molecule has 3 aliphatic rings. The van der Waals surface area contributed by atoms with Crippen LogP contribution in [0.3, 0.4) is 0 Å². The molecular weight excluding hydrogens is 941 g/mol. The molecule has 3 fully saturated rings. The minimum absolute atomic E-state index is 0.0972. The molecule has 0 aromatic heterocycles. The second-order valence-electron chi connectivity index (χ2n) is 20.0. The van der Waals surface area contributed by atoms with E-state index in [0.29, 0.717) is 12.8 Å². The highest BCUT2D eigenvalue weighted by atomic mass is 16.8. The summed E-state index contributed by atoms with van der Waals surface area (Å²) < 4.78 is 45.5. The highest BCUT2D eigenvalue weighted by Crippen LogP contribution is 2.33. The van der Waals surface area contributed by atoms with Crippen molar-refractivity contribution >= 4 is 11.9 Å². The van der Waals surface area contributed by atoms with Crippen molar-refractivity contribution in [1.29, 1.82) is 0 Å². The first kappa shape index (κ1) is 64.4. The second-order valence-corrected chi connectivity index (χ2v) is 20.0. The topological polar surface area (TPSA) is 290 Å². The highest BCUT2D eigenvalue weighted by molar-refractivity contribution is 5.70. The maximum absolute atomic E-state index is 13.1. The first-order chi connectivity index (χ1) is 34.9. The molecule has 9 N–H and O–H groups in total. The van der Waals surface area contributed by atoms with Gasteiger partial charge in [0, 0.05) is 19.3 Å². The molecule has 0 spiro atoms. The summed E-state index contributed by atoms with van der Waals surface area (Å²) in [6.45, 7) is 1.56. The molecule has 0 radical (unpaired) electrons. The van der Waals surface area contributed by atoms with E-state index < -0.39 is 130 Å². The molecule has 3 rings (SSSR count). The number of aliphatic hydroxyl groups excluding tert-OH is 9. The van der Waals surface area contributed by atoms with E-state index >= 15 is 0 Å². The molecule has 0 amide bonds. The van der Waals surface area contributed by atoms with E-state index in [-0.39, 0.29) is 25.9 Å². The number of ether oxygens (including phenoxy) is 8. The monoisotopic (exact) mass is 1040 g/mol. The third-order valence-electron chi connectivity index (χ3n) is 13.7. The van der Waals surface area contributed by atoms with Crippen LogP contribution in [0, 0.1) is 0 Å². The van der Waals surface area contributed by atoms with Crippen LogP contribution in [0.15, 0.2) is 12.2 Å². The van der Waals surface area contributed by atoms with Crippen LogP contribution in [0.4, 0.5) is 0 Å². The third kappa shape index (κ3) is 24.4. The van der Waals surface area contributed by atoms with Gasteiger partial charge in [0.2, 0.25) is 0 Å². The number of carbonyl (C=O) groups excluding carboxylic acids is 2. The molecule has 0 bridgehead atoms. The fourth-order valence-corrected chi connectivity index (χ4v) is 9.24.